The molecule has 0 saturated carbocycles. The van der Waals surface area contributed by atoms with Gasteiger partial charge in [0.25, 0.3) is 5.91 Å². The molecular weight excluding hydrogens is 372 g/mol. The van der Waals surface area contributed by atoms with E-state index >= 15 is 0 Å². The van der Waals surface area contributed by atoms with Crippen LogP contribution in [-0.4, -0.2) is 43.7 Å². The smallest absolute Gasteiger partial charge is 0.253 e. The summed E-state index contributed by atoms with van der Waals surface area (Å²) < 4.78 is 27.5. The van der Waals surface area contributed by atoms with E-state index < -0.39 is 10.0 Å². The molecule has 0 unspecified atom stereocenters. The van der Waals surface area contributed by atoms with Crippen molar-refractivity contribution in [2.24, 2.45) is 11.8 Å². The number of sulfonamides is 1. The maximum absolute atomic E-state index is 13.0. The molecule has 1 aliphatic rings. The Kier molecular flexibility index (Phi) is 6.20. The first-order valence-electron chi connectivity index (χ1n) is 9.67. The minimum absolute atomic E-state index is 0.131. The summed E-state index contributed by atoms with van der Waals surface area (Å²) in [6.07, 6.45) is 1.05. The third kappa shape index (κ3) is 4.62. The molecule has 1 fully saturated rings. The van der Waals surface area contributed by atoms with E-state index in [9.17, 15) is 13.2 Å². The van der Waals surface area contributed by atoms with Crippen LogP contribution in [0.25, 0.3) is 0 Å². The fourth-order valence-electron chi connectivity index (χ4n) is 3.87. The van der Waals surface area contributed by atoms with Crippen molar-refractivity contribution in [2.45, 2.75) is 31.7 Å². The summed E-state index contributed by atoms with van der Waals surface area (Å²) in [6, 6.07) is 16.1. The van der Waals surface area contributed by atoms with Crippen LogP contribution in [0.2, 0.25) is 0 Å². The van der Waals surface area contributed by atoms with Crippen molar-refractivity contribution in [3.63, 3.8) is 0 Å². The van der Waals surface area contributed by atoms with Crippen molar-refractivity contribution in [3.05, 3.63) is 65.7 Å². The van der Waals surface area contributed by atoms with Crippen molar-refractivity contribution in [1.82, 2.24) is 9.21 Å². The summed E-state index contributed by atoms with van der Waals surface area (Å²) >= 11 is 0. The van der Waals surface area contributed by atoms with Gasteiger partial charge < -0.3 is 4.90 Å². The first kappa shape index (κ1) is 20.6. The van der Waals surface area contributed by atoms with Crippen LogP contribution in [-0.2, 0) is 16.6 Å². The predicted molar refractivity (Wildman–Crippen MR) is 110 cm³/mol. The summed E-state index contributed by atoms with van der Waals surface area (Å²) in [4.78, 5) is 14.5. The average Bonchev–Trinajstić information content (AvgIpc) is 2.67. The number of piperidine rings is 1. The highest BCUT2D eigenvalue weighted by molar-refractivity contribution is 7.89. The van der Waals surface area contributed by atoms with E-state index in [1.54, 1.807) is 40.5 Å². The van der Waals surface area contributed by atoms with Gasteiger partial charge >= 0.3 is 0 Å². The summed E-state index contributed by atoms with van der Waals surface area (Å²) in [7, 11) is -1.78. The van der Waals surface area contributed by atoms with Gasteiger partial charge in [-0.15, -0.1) is 0 Å². The van der Waals surface area contributed by atoms with Gasteiger partial charge in [-0.05, 0) is 48.1 Å². The zero-order valence-electron chi connectivity index (χ0n) is 16.7. The third-order valence-corrected chi connectivity index (χ3v) is 7.03. The molecule has 150 valence electrons. The van der Waals surface area contributed by atoms with Gasteiger partial charge in [0.15, 0.2) is 0 Å². The van der Waals surface area contributed by atoms with E-state index in [0.717, 1.165) is 12.0 Å². The number of rotatable bonds is 5. The normalized spacial score (nSPS) is 20.7. The molecule has 1 heterocycles. The number of carbonyl (C=O) groups excluding carboxylic acids is 1. The Balaban J connectivity index is 1.72. The zero-order valence-corrected chi connectivity index (χ0v) is 17.5. The Morgan fingerprint density at radius 3 is 2.14 bits per heavy atom. The minimum atomic E-state index is -3.53. The lowest BCUT2D eigenvalue weighted by molar-refractivity contribution is 0.0785. The van der Waals surface area contributed by atoms with Gasteiger partial charge in [0.2, 0.25) is 10.0 Å². The maximum atomic E-state index is 13.0. The zero-order chi connectivity index (χ0) is 20.3. The van der Waals surface area contributed by atoms with Gasteiger partial charge in [-0.25, -0.2) is 8.42 Å². The van der Waals surface area contributed by atoms with Crippen LogP contribution >= 0.6 is 0 Å². The second-order valence-corrected chi connectivity index (χ2v) is 9.88. The molecule has 5 nitrogen and oxygen atoms in total. The van der Waals surface area contributed by atoms with Gasteiger partial charge in [0.05, 0.1) is 4.90 Å². The Morgan fingerprint density at radius 2 is 1.57 bits per heavy atom. The molecule has 28 heavy (non-hydrogen) atoms. The Labute approximate surface area is 168 Å². The largest absolute Gasteiger partial charge is 0.337 e. The molecule has 0 spiro atoms. The molecule has 0 aliphatic carbocycles. The summed E-state index contributed by atoms with van der Waals surface area (Å²) in [5.74, 6) is 0.574. The molecular formula is C22H28N2O3S. The van der Waals surface area contributed by atoms with Crippen LogP contribution in [0, 0.1) is 11.8 Å². The van der Waals surface area contributed by atoms with E-state index in [-0.39, 0.29) is 10.8 Å². The molecule has 0 aromatic heterocycles. The molecule has 2 aromatic carbocycles. The number of benzene rings is 2. The highest BCUT2D eigenvalue weighted by atomic mass is 32.2. The topological polar surface area (TPSA) is 57.7 Å². The average molecular weight is 401 g/mol. The van der Waals surface area contributed by atoms with Gasteiger partial charge in [-0.1, -0.05) is 44.2 Å². The van der Waals surface area contributed by atoms with Gasteiger partial charge in [0.1, 0.15) is 0 Å². The maximum Gasteiger partial charge on any atom is 0.253 e. The second-order valence-electron chi connectivity index (χ2n) is 7.94. The summed E-state index contributed by atoms with van der Waals surface area (Å²) in [5.41, 5.74) is 1.53. The quantitative estimate of drug-likeness (QED) is 0.770. The van der Waals surface area contributed by atoms with Crippen LogP contribution in [0.1, 0.15) is 36.2 Å². The van der Waals surface area contributed by atoms with Crippen molar-refractivity contribution in [3.8, 4) is 0 Å². The number of hydrogen-bond donors (Lipinski definition) is 0. The van der Waals surface area contributed by atoms with Gasteiger partial charge in [-0.3, -0.25) is 4.79 Å². The number of amides is 1. The van der Waals surface area contributed by atoms with Crippen molar-refractivity contribution in [1.29, 1.82) is 0 Å². The molecule has 0 radical (unpaired) electrons. The summed E-state index contributed by atoms with van der Waals surface area (Å²) in [5, 5.41) is 0. The van der Waals surface area contributed by atoms with Crippen LogP contribution in [0.4, 0.5) is 0 Å². The lowest BCUT2D eigenvalue weighted by Gasteiger charge is -2.34. The summed E-state index contributed by atoms with van der Waals surface area (Å²) in [6.45, 7) is 5.77. The van der Waals surface area contributed by atoms with Crippen molar-refractivity contribution in [2.75, 3.05) is 20.1 Å². The third-order valence-electron chi connectivity index (χ3n) is 5.18. The fraction of sp³-hybridized carbons (Fsp3) is 0.409. The standard InChI is InChI=1S/C22H28N2O3S/c1-17-13-18(2)15-24(14-17)28(26,27)21-11-9-20(10-12-21)22(25)23(3)16-19-7-5-4-6-8-19/h4-12,17-18H,13-16H2,1-3H3/t17-,18+. The monoisotopic (exact) mass is 400 g/mol. The fourth-order valence-corrected chi connectivity index (χ4v) is 5.55. The predicted octanol–water partition coefficient (Wildman–Crippen LogP) is 3.63. The van der Waals surface area contributed by atoms with E-state index in [4.69, 9.17) is 0 Å². The lowest BCUT2D eigenvalue weighted by Crippen LogP contribution is -2.42. The van der Waals surface area contributed by atoms with Crippen molar-refractivity contribution >= 4 is 15.9 Å². The van der Waals surface area contributed by atoms with E-state index in [1.165, 1.54) is 0 Å². The molecule has 3 rings (SSSR count). The molecule has 2 atom stereocenters. The van der Waals surface area contributed by atoms with Crippen LogP contribution < -0.4 is 0 Å². The Bertz CT molecular complexity index is 901. The van der Waals surface area contributed by atoms with Crippen LogP contribution in [0.15, 0.2) is 59.5 Å². The van der Waals surface area contributed by atoms with E-state index in [1.807, 2.05) is 30.3 Å². The van der Waals surface area contributed by atoms with E-state index in [0.29, 0.717) is 37.0 Å². The molecule has 2 aromatic rings. The Morgan fingerprint density at radius 1 is 1.00 bits per heavy atom. The first-order chi connectivity index (χ1) is 13.3. The molecule has 1 aliphatic heterocycles. The molecule has 0 N–H and O–H groups in total. The lowest BCUT2D eigenvalue weighted by atomic mass is 9.94. The minimum Gasteiger partial charge on any atom is -0.337 e. The second kappa shape index (κ2) is 8.45. The molecule has 1 saturated heterocycles. The number of nitrogens with zero attached hydrogens (tertiary/aromatic N) is 2. The molecule has 1 amide bonds. The molecule has 0 bridgehead atoms. The first-order valence-corrected chi connectivity index (χ1v) is 11.1. The number of carbonyl (C=O) groups is 1. The van der Waals surface area contributed by atoms with Gasteiger partial charge in [0, 0.05) is 32.2 Å². The molecule has 6 heteroatoms. The van der Waals surface area contributed by atoms with E-state index in [2.05, 4.69) is 13.8 Å². The number of hydrogen-bond acceptors (Lipinski definition) is 3. The van der Waals surface area contributed by atoms with Crippen molar-refractivity contribution < 1.29 is 13.2 Å². The van der Waals surface area contributed by atoms with Crippen LogP contribution in [0.3, 0.4) is 0 Å². The SMILES string of the molecule is C[C@@H]1C[C@H](C)CN(S(=O)(=O)c2ccc(C(=O)N(C)Cc3ccccc3)cc2)C1. The van der Waals surface area contributed by atoms with Crippen LogP contribution in [0.5, 0.6) is 0 Å². The Hall–Kier alpha value is -2.18. The van der Waals surface area contributed by atoms with Gasteiger partial charge in [-0.2, -0.15) is 4.31 Å². The highest BCUT2D eigenvalue weighted by Crippen LogP contribution is 2.26. The highest BCUT2D eigenvalue weighted by Gasteiger charge is 2.31.